The molecule has 1 amide bonds. The van der Waals surface area contributed by atoms with Crippen LogP contribution in [0.1, 0.15) is 23.5 Å². The van der Waals surface area contributed by atoms with Crippen molar-refractivity contribution in [2.24, 2.45) is 0 Å². The summed E-state index contributed by atoms with van der Waals surface area (Å²) < 4.78 is 21.8. The zero-order chi connectivity index (χ0) is 21.4. The highest BCUT2D eigenvalue weighted by atomic mass is 16.5. The molecule has 0 saturated heterocycles. The topological polar surface area (TPSA) is 74.3 Å². The number of esters is 1. The Labute approximate surface area is 174 Å². The third kappa shape index (κ3) is 3.07. The molecule has 7 nitrogen and oxygen atoms in total. The van der Waals surface area contributed by atoms with Crippen LogP contribution in [0.25, 0.3) is 0 Å². The van der Waals surface area contributed by atoms with Crippen LogP contribution in [0.4, 0.5) is 5.69 Å². The van der Waals surface area contributed by atoms with Gasteiger partial charge in [0.15, 0.2) is 11.5 Å². The number of methoxy groups -OCH3 is 3. The zero-order valence-corrected chi connectivity index (χ0v) is 17.4. The largest absolute Gasteiger partial charge is 0.493 e. The van der Waals surface area contributed by atoms with Crippen molar-refractivity contribution in [1.29, 1.82) is 0 Å². The molecule has 156 valence electrons. The number of anilines is 1. The molecule has 4 rings (SSSR count). The van der Waals surface area contributed by atoms with Crippen molar-refractivity contribution in [2.75, 3.05) is 32.8 Å². The number of aryl methyl sites for hydroxylation is 1. The molecule has 7 heteroatoms. The van der Waals surface area contributed by atoms with Gasteiger partial charge in [-0.15, -0.1) is 0 Å². The lowest BCUT2D eigenvalue weighted by Gasteiger charge is -2.32. The van der Waals surface area contributed by atoms with Crippen molar-refractivity contribution in [3.8, 4) is 17.2 Å². The number of ether oxygens (including phenoxy) is 4. The van der Waals surface area contributed by atoms with Crippen molar-refractivity contribution < 1.29 is 28.5 Å². The molecular formula is C23H23NO6. The fourth-order valence-electron chi connectivity index (χ4n) is 4.19. The molecule has 0 radical (unpaired) electrons. The molecule has 2 aromatic carbocycles. The van der Waals surface area contributed by atoms with Gasteiger partial charge in [0.05, 0.1) is 32.6 Å². The van der Waals surface area contributed by atoms with E-state index in [9.17, 15) is 9.59 Å². The van der Waals surface area contributed by atoms with Crippen LogP contribution in [0.15, 0.2) is 47.7 Å². The normalized spacial score (nSPS) is 18.3. The van der Waals surface area contributed by atoms with Crippen LogP contribution in [0, 0.1) is 6.92 Å². The number of carbonyl (C=O) groups is 2. The van der Waals surface area contributed by atoms with Crippen LogP contribution in [0.2, 0.25) is 0 Å². The van der Waals surface area contributed by atoms with E-state index in [0.29, 0.717) is 34.1 Å². The number of benzene rings is 2. The Hall–Kier alpha value is -3.48. The number of hydrogen-bond acceptors (Lipinski definition) is 6. The first-order valence-corrected chi connectivity index (χ1v) is 9.58. The first kappa shape index (κ1) is 19.8. The second-order valence-electron chi connectivity index (χ2n) is 7.18. The Morgan fingerprint density at radius 1 is 1.00 bits per heavy atom. The van der Waals surface area contributed by atoms with Crippen molar-refractivity contribution in [3.63, 3.8) is 0 Å². The van der Waals surface area contributed by atoms with Crippen LogP contribution in [-0.4, -0.2) is 39.8 Å². The molecule has 0 N–H and O–H groups in total. The summed E-state index contributed by atoms with van der Waals surface area (Å²) >= 11 is 0. The first-order valence-electron chi connectivity index (χ1n) is 9.58. The summed E-state index contributed by atoms with van der Waals surface area (Å²) in [6.45, 7) is 2.01. The highest BCUT2D eigenvalue weighted by Gasteiger charge is 2.44. The summed E-state index contributed by atoms with van der Waals surface area (Å²) in [6.07, 6.45) is 0.105. The van der Waals surface area contributed by atoms with Gasteiger partial charge in [-0.25, -0.2) is 4.79 Å². The minimum Gasteiger partial charge on any atom is -0.493 e. The molecule has 2 aromatic rings. The second kappa shape index (κ2) is 7.74. The quantitative estimate of drug-likeness (QED) is 0.705. The van der Waals surface area contributed by atoms with Gasteiger partial charge < -0.3 is 18.9 Å². The summed E-state index contributed by atoms with van der Waals surface area (Å²) in [5.41, 5.74) is 3.48. The summed E-state index contributed by atoms with van der Waals surface area (Å²) in [4.78, 5) is 27.5. The van der Waals surface area contributed by atoms with Gasteiger partial charge in [-0.1, -0.05) is 18.2 Å². The average Bonchev–Trinajstić information content (AvgIpc) is 3.13. The van der Waals surface area contributed by atoms with Gasteiger partial charge in [0, 0.05) is 23.6 Å². The number of rotatable bonds is 5. The summed E-state index contributed by atoms with van der Waals surface area (Å²) in [7, 11) is 4.58. The van der Waals surface area contributed by atoms with E-state index in [4.69, 9.17) is 18.9 Å². The summed E-state index contributed by atoms with van der Waals surface area (Å²) in [5.74, 6) is 0.324. The minimum absolute atomic E-state index is 0.0555. The molecule has 30 heavy (non-hydrogen) atoms. The predicted octanol–water partition coefficient (Wildman–Crippen LogP) is 3.35. The molecule has 0 bridgehead atoms. The Morgan fingerprint density at radius 3 is 2.43 bits per heavy atom. The predicted molar refractivity (Wildman–Crippen MR) is 110 cm³/mol. The SMILES string of the molecule is COc1ccc(C2CC(=O)N(c3cccc(C)c3)C3=C2C(=O)OC3)c(OC)c1OC. The molecule has 0 aliphatic carbocycles. The molecular weight excluding hydrogens is 386 g/mol. The maximum atomic E-state index is 13.2. The van der Waals surface area contributed by atoms with Gasteiger partial charge in [-0.05, 0) is 30.7 Å². The van der Waals surface area contributed by atoms with Crippen molar-refractivity contribution in [2.45, 2.75) is 19.3 Å². The number of amides is 1. The number of nitrogens with zero attached hydrogens (tertiary/aromatic N) is 1. The van der Waals surface area contributed by atoms with Gasteiger partial charge in [0.25, 0.3) is 0 Å². The van der Waals surface area contributed by atoms with Gasteiger partial charge in [0.1, 0.15) is 6.61 Å². The molecule has 0 saturated carbocycles. The van der Waals surface area contributed by atoms with Crippen molar-refractivity contribution in [1.82, 2.24) is 0 Å². The van der Waals surface area contributed by atoms with Crippen molar-refractivity contribution in [3.05, 3.63) is 58.8 Å². The standard InChI is InChI=1S/C23H23NO6/c1-13-6-5-7-14(10-13)24-17-12-30-23(26)20(17)16(11-19(24)25)15-8-9-18(27-2)22(29-4)21(15)28-3/h5-10,16H,11-12H2,1-4H3. The van der Waals surface area contributed by atoms with Gasteiger partial charge >= 0.3 is 5.97 Å². The van der Waals surface area contributed by atoms with Crippen LogP contribution in [0.5, 0.6) is 17.2 Å². The Bertz CT molecular complexity index is 1060. The summed E-state index contributed by atoms with van der Waals surface area (Å²) in [6, 6.07) is 11.2. The Balaban J connectivity index is 1.88. The van der Waals surface area contributed by atoms with E-state index in [1.165, 1.54) is 21.3 Å². The van der Waals surface area contributed by atoms with Crippen LogP contribution >= 0.6 is 0 Å². The second-order valence-corrected chi connectivity index (χ2v) is 7.18. The zero-order valence-electron chi connectivity index (χ0n) is 17.4. The third-order valence-corrected chi connectivity index (χ3v) is 5.49. The fraction of sp³-hybridized carbons (Fsp3) is 0.304. The molecule has 0 fully saturated rings. The maximum absolute atomic E-state index is 13.2. The Morgan fingerprint density at radius 2 is 1.77 bits per heavy atom. The smallest absolute Gasteiger partial charge is 0.336 e. The van der Waals surface area contributed by atoms with E-state index in [2.05, 4.69) is 0 Å². The van der Waals surface area contributed by atoms with E-state index in [-0.39, 0.29) is 18.9 Å². The molecule has 2 heterocycles. The molecule has 2 aliphatic heterocycles. The summed E-state index contributed by atoms with van der Waals surface area (Å²) in [5, 5.41) is 0. The van der Waals surface area contributed by atoms with Crippen LogP contribution < -0.4 is 19.1 Å². The average molecular weight is 409 g/mol. The number of cyclic esters (lactones) is 1. The van der Waals surface area contributed by atoms with Gasteiger partial charge in [-0.3, -0.25) is 9.69 Å². The van der Waals surface area contributed by atoms with Gasteiger partial charge in [-0.2, -0.15) is 0 Å². The van der Waals surface area contributed by atoms with Crippen LogP contribution in [-0.2, 0) is 14.3 Å². The van der Waals surface area contributed by atoms with E-state index in [0.717, 1.165) is 11.3 Å². The molecule has 1 atom stereocenters. The lowest BCUT2D eigenvalue weighted by atomic mass is 9.83. The first-order chi connectivity index (χ1) is 14.5. The third-order valence-electron chi connectivity index (χ3n) is 5.49. The monoisotopic (exact) mass is 409 g/mol. The van der Waals surface area contributed by atoms with E-state index < -0.39 is 11.9 Å². The van der Waals surface area contributed by atoms with Crippen LogP contribution in [0.3, 0.4) is 0 Å². The molecule has 2 aliphatic rings. The molecule has 0 aromatic heterocycles. The molecule has 1 unspecified atom stereocenters. The highest BCUT2D eigenvalue weighted by molar-refractivity contribution is 6.06. The molecule has 0 spiro atoms. The number of carbonyl (C=O) groups excluding carboxylic acids is 2. The van der Waals surface area contributed by atoms with Crippen molar-refractivity contribution >= 4 is 17.6 Å². The lowest BCUT2D eigenvalue weighted by Crippen LogP contribution is -2.37. The fourth-order valence-corrected chi connectivity index (χ4v) is 4.19. The van der Waals surface area contributed by atoms with E-state index in [1.807, 2.05) is 31.2 Å². The number of hydrogen-bond donors (Lipinski definition) is 0. The van der Waals surface area contributed by atoms with Gasteiger partial charge in [0.2, 0.25) is 11.7 Å². The van der Waals surface area contributed by atoms with E-state index >= 15 is 0 Å². The lowest BCUT2D eigenvalue weighted by molar-refractivity contribution is -0.136. The highest BCUT2D eigenvalue weighted by Crippen LogP contribution is 2.49. The van der Waals surface area contributed by atoms with E-state index in [1.54, 1.807) is 17.0 Å². The minimum atomic E-state index is -0.502. The maximum Gasteiger partial charge on any atom is 0.336 e. The Kier molecular flexibility index (Phi) is 5.11.